The van der Waals surface area contributed by atoms with Gasteiger partial charge in [-0.1, -0.05) is 78.9 Å². The first kappa shape index (κ1) is 19.7. The van der Waals surface area contributed by atoms with Crippen LogP contribution in [0.25, 0.3) is 70.1 Å². The standard InChI is InChI=1S/C32H19N3S/c1-2-9-25-24(8-1)30(34-32-31(25)33-29-11-5-6-18-35(29)32)21-14-12-20(13-15-21)22-16-17-28-26(19-22)23-7-3-4-10-27(23)36-28/h1-19H. The Balaban J connectivity index is 1.29. The average Bonchev–Trinajstić information content (AvgIpc) is 3.51. The van der Waals surface area contributed by atoms with Gasteiger partial charge in [0, 0.05) is 42.7 Å². The molecule has 0 saturated heterocycles. The molecule has 168 valence electrons. The van der Waals surface area contributed by atoms with Gasteiger partial charge in [0.15, 0.2) is 5.65 Å². The Morgan fingerprint density at radius 2 is 1.22 bits per heavy atom. The number of imidazole rings is 1. The number of hydrogen-bond donors (Lipinski definition) is 0. The average molecular weight is 478 g/mol. The van der Waals surface area contributed by atoms with Crippen LogP contribution in [0.2, 0.25) is 0 Å². The second kappa shape index (κ2) is 7.48. The molecule has 0 atom stereocenters. The second-order valence-corrected chi connectivity index (χ2v) is 10.2. The van der Waals surface area contributed by atoms with Gasteiger partial charge in [-0.15, -0.1) is 11.3 Å². The molecule has 0 N–H and O–H groups in total. The summed E-state index contributed by atoms with van der Waals surface area (Å²) < 4.78 is 4.73. The Hall–Kier alpha value is -4.54. The lowest BCUT2D eigenvalue weighted by molar-refractivity contribution is 1.19. The molecular formula is C32H19N3S. The minimum atomic E-state index is 0.887. The number of benzene rings is 4. The largest absolute Gasteiger partial charge is 0.284 e. The monoisotopic (exact) mass is 477 g/mol. The maximum absolute atomic E-state index is 5.13. The van der Waals surface area contributed by atoms with Gasteiger partial charge in [-0.2, -0.15) is 0 Å². The number of pyridine rings is 2. The van der Waals surface area contributed by atoms with Crippen molar-refractivity contribution in [2.24, 2.45) is 0 Å². The minimum Gasteiger partial charge on any atom is -0.284 e. The molecule has 36 heavy (non-hydrogen) atoms. The zero-order valence-corrected chi connectivity index (χ0v) is 20.0. The van der Waals surface area contributed by atoms with Crippen molar-refractivity contribution in [3.8, 4) is 22.4 Å². The van der Waals surface area contributed by atoms with Crippen molar-refractivity contribution < 1.29 is 0 Å². The summed E-state index contributed by atoms with van der Waals surface area (Å²) in [5.41, 5.74) is 7.25. The lowest BCUT2D eigenvalue weighted by atomic mass is 9.99. The van der Waals surface area contributed by atoms with E-state index < -0.39 is 0 Å². The molecule has 0 unspecified atom stereocenters. The lowest BCUT2D eigenvalue weighted by Gasteiger charge is -2.09. The first-order valence-electron chi connectivity index (χ1n) is 12.0. The molecule has 8 rings (SSSR count). The molecule has 8 aromatic rings. The Bertz CT molecular complexity index is 2100. The van der Waals surface area contributed by atoms with Crippen molar-refractivity contribution in [2.45, 2.75) is 0 Å². The van der Waals surface area contributed by atoms with Gasteiger partial charge in [0.2, 0.25) is 0 Å². The molecule has 0 radical (unpaired) electrons. The van der Waals surface area contributed by atoms with E-state index in [1.807, 2.05) is 35.7 Å². The van der Waals surface area contributed by atoms with Crippen LogP contribution in [0, 0.1) is 0 Å². The molecule has 4 heterocycles. The SMILES string of the molecule is c1ccc2c(c1)sc1ccc(-c3ccc(-c4nc5c(nc6ccccn65)c5ccccc45)cc3)cc12. The number of aromatic nitrogens is 3. The fraction of sp³-hybridized carbons (Fsp3) is 0. The van der Waals surface area contributed by atoms with Crippen molar-refractivity contribution in [1.29, 1.82) is 0 Å². The van der Waals surface area contributed by atoms with Gasteiger partial charge in [-0.3, -0.25) is 4.40 Å². The van der Waals surface area contributed by atoms with E-state index in [0.717, 1.165) is 38.8 Å². The summed E-state index contributed by atoms with van der Waals surface area (Å²) in [6.45, 7) is 0. The quantitative estimate of drug-likeness (QED) is 0.249. The second-order valence-electron chi connectivity index (χ2n) is 9.11. The van der Waals surface area contributed by atoms with E-state index in [0.29, 0.717) is 0 Å². The van der Waals surface area contributed by atoms with Crippen LogP contribution >= 0.6 is 11.3 Å². The Kier molecular flexibility index (Phi) is 4.10. The van der Waals surface area contributed by atoms with Crippen molar-refractivity contribution in [3.63, 3.8) is 0 Å². The highest BCUT2D eigenvalue weighted by Gasteiger charge is 2.15. The van der Waals surface area contributed by atoms with Crippen LogP contribution in [0.15, 0.2) is 115 Å². The molecule has 4 aromatic heterocycles. The third-order valence-electron chi connectivity index (χ3n) is 7.03. The van der Waals surface area contributed by atoms with Gasteiger partial charge in [0.25, 0.3) is 0 Å². The van der Waals surface area contributed by atoms with Gasteiger partial charge in [-0.05, 0) is 41.5 Å². The molecule has 4 aromatic carbocycles. The van der Waals surface area contributed by atoms with E-state index in [-0.39, 0.29) is 0 Å². The van der Waals surface area contributed by atoms with Crippen LogP contribution in [0.5, 0.6) is 0 Å². The maximum atomic E-state index is 5.13. The van der Waals surface area contributed by atoms with Crippen molar-refractivity contribution in [2.75, 3.05) is 0 Å². The summed E-state index contributed by atoms with van der Waals surface area (Å²) in [5, 5.41) is 4.89. The first-order chi connectivity index (χ1) is 17.8. The summed E-state index contributed by atoms with van der Waals surface area (Å²) in [7, 11) is 0. The molecule has 0 aliphatic rings. The van der Waals surface area contributed by atoms with E-state index in [9.17, 15) is 0 Å². The van der Waals surface area contributed by atoms with Crippen LogP contribution in [-0.2, 0) is 0 Å². The van der Waals surface area contributed by atoms with Crippen LogP contribution < -0.4 is 0 Å². The molecule has 0 aliphatic heterocycles. The van der Waals surface area contributed by atoms with Crippen LogP contribution in [-0.4, -0.2) is 14.4 Å². The number of nitrogens with zero attached hydrogens (tertiary/aromatic N) is 3. The Morgan fingerprint density at radius 1 is 0.528 bits per heavy atom. The third kappa shape index (κ3) is 2.85. The normalized spacial score (nSPS) is 11.9. The maximum Gasteiger partial charge on any atom is 0.165 e. The number of fused-ring (bicyclic) bond motifs is 8. The topological polar surface area (TPSA) is 30.2 Å². The highest BCUT2D eigenvalue weighted by molar-refractivity contribution is 7.25. The van der Waals surface area contributed by atoms with Crippen molar-refractivity contribution in [3.05, 3.63) is 115 Å². The number of rotatable bonds is 2. The van der Waals surface area contributed by atoms with Gasteiger partial charge in [0.1, 0.15) is 11.2 Å². The summed E-state index contributed by atoms with van der Waals surface area (Å²) >= 11 is 1.85. The van der Waals surface area contributed by atoms with E-state index in [1.54, 1.807) is 0 Å². The highest BCUT2D eigenvalue weighted by Crippen LogP contribution is 2.37. The fourth-order valence-electron chi connectivity index (χ4n) is 5.28. The molecular weight excluding hydrogens is 458 g/mol. The van der Waals surface area contributed by atoms with E-state index in [4.69, 9.17) is 9.97 Å². The summed E-state index contributed by atoms with van der Waals surface area (Å²) in [6, 6.07) is 38.7. The Labute approximate surface area is 210 Å². The fourth-order valence-corrected chi connectivity index (χ4v) is 6.37. The van der Waals surface area contributed by atoms with E-state index in [1.165, 1.54) is 31.3 Å². The van der Waals surface area contributed by atoms with Crippen LogP contribution in [0.3, 0.4) is 0 Å². The molecule has 0 amide bonds. The molecule has 0 fully saturated rings. The molecule has 0 bridgehead atoms. The van der Waals surface area contributed by atoms with Crippen LogP contribution in [0.1, 0.15) is 0 Å². The van der Waals surface area contributed by atoms with E-state index in [2.05, 4.69) is 95.4 Å². The number of thiophene rings is 1. The predicted octanol–water partition coefficient (Wildman–Crippen LogP) is 8.74. The van der Waals surface area contributed by atoms with Gasteiger partial charge < -0.3 is 0 Å². The van der Waals surface area contributed by atoms with Gasteiger partial charge in [-0.25, -0.2) is 9.97 Å². The zero-order valence-electron chi connectivity index (χ0n) is 19.2. The van der Waals surface area contributed by atoms with E-state index >= 15 is 0 Å². The van der Waals surface area contributed by atoms with Gasteiger partial charge >= 0.3 is 0 Å². The zero-order chi connectivity index (χ0) is 23.6. The van der Waals surface area contributed by atoms with Crippen LogP contribution in [0.4, 0.5) is 0 Å². The molecule has 3 nitrogen and oxygen atoms in total. The summed E-state index contributed by atoms with van der Waals surface area (Å²) in [4.78, 5) is 10.0. The molecule has 0 spiro atoms. The molecule has 0 saturated carbocycles. The lowest BCUT2D eigenvalue weighted by Crippen LogP contribution is -1.91. The number of hydrogen-bond acceptors (Lipinski definition) is 3. The molecule has 0 aliphatic carbocycles. The smallest absolute Gasteiger partial charge is 0.165 e. The first-order valence-corrected chi connectivity index (χ1v) is 12.8. The van der Waals surface area contributed by atoms with Gasteiger partial charge in [0.05, 0.1) is 5.69 Å². The summed E-state index contributed by atoms with van der Waals surface area (Å²) in [5.74, 6) is 0. The third-order valence-corrected chi connectivity index (χ3v) is 8.18. The summed E-state index contributed by atoms with van der Waals surface area (Å²) in [6.07, 6.45) is 2.03. The predicted molar refractivity (Wildman–Crippen MR) is 152 cm³/mol. The van der Waals surface area contributed by atoms with Crippen molar-refractivity contribution >= 4 is 59.1 Å². The minimum absolute atomic E-state index is 0.887. The van der Waals surface area contributed by atoms with Crippen molar-refractivity contribution in [1.82, 2.24) is 14.4 Å². The molecule has 4 heteroatoms. The highest BCUT2D eigenvalue weighted by atomic mass is 32.1. The Morgan fingerprint density at radius 3 is 2.11 bits per heavy atom.